The van der Waals surface area contributed by atoms with E-state index < -0.39 is 5.60 Å². The highest BCUT2D eigenvalue weighted by molar-refractivity contribution is 5.68. The molecule has 0 radical (unpaired) electrons. The summed E-state index contributed by atoms with van der Waals surface area (Å²) in [5.74, 6) is 0.517. The third-order valence-electron chi connectivity index (χ3n) is 5.30. The van der Waals surface area contributed by atoms with E-state index in [-0.39, 0.29) is 6.09 Å². The molecule has 5 nitrogen and oxygen atoms in total. The molecule has 3 rings (SSSR count). The largest absolute Gasteiger partial charge is 0.444 e. The fourth-order valence-electron chi connectivity index (χ4n) is 4.11. The van der Waals surface area contributed by atoms with Crippen LogP contribution in [0.1, 0.15) is 51.2 Å². The van der Waals surface area contributed by atoms with Crippen molar-refractivity contribution in [1.29, 1.82) is 5.26 Å². The number of hydrogen-bond acceptors (Lipinski definition) is 4. The van der Waals surface area contributed by atoms with Crippen molar-refractivity contribution >= 4 is 6.09 Å². The number of nitriles is 1. The smallest absolute Gasteiger partial charge is 0.410 e. The van der Waals surface area contributed by atoms with Gasteiger partial charge in [-0.15, -0.1) is 0 Å². The monoisotopic (exact) mass is 355 g/mol. The molecule has 0 aromatic heterocycles. The van der Waals surface area contributed by atoms with Crippen LogP contribution in [0.25, 0.3) is 0 Å². The summed E-state index contributed by atoms with van der Waals surface area (Å²) in [5.41, 5.74) is 1.51. The fraction of sp³-hybridized carbons (Fsp3) is 0.619. The lowest BCUT2D eigenvalue weighted by Crippen LogP contribution is -2.55. The molecule has 0 spiro atoms. The van der Waals surface area contributed by atoms with E-state index in [4.69, 9.17) is 10.00 Å². The molecule has 1 amide bonds. The van der Waals surface area contributed by atoms with E-state index in [2.05, 4.69) is 23.1 Å². The fourth-order valence-corrected chi connectivity index (χ4v) is 4.11. The summed E-state index contributed by atoms with van der Waals surface area (Å²) in [5, 5.41) is 8.94. The molecular formula is C21H29N3O2. The number of ether oxygens (including phenoxy) is 1. The lowest BCUT2D eigenvalue weighted by atomic mass is 9.83. The van der Waals surface area contributed by atoms with Crippen LogP contribution in [0.3, 0.4) is 0 Å². The zero-order chi connectivity index (χ0) is 18.7. The number of amides is 1. The maximum absolute atomic E-state index is 12.4. The highest BCUT2D eigenvalue weighted by Gasteiger charge is 2.38. The highest BCUT2D eigenvalue weighted by Crippen LogP contribution is 2.32. The molecule has 0 saturated carbocycles. The number of piperidine rings is 2. The third kappa shape index (κ3) is 4.56. The topological polar surface area (TPSA) is 56.6 Å². The summed E-state index contributed by atoms with van der Waals surface area (Å²) in [6, 6.07) is 10.6. The normalized spacial score (nSPS) is 23.8. The van der Waals surface area contributed by atoms with Gasteiger partial charge in [0.1, 0.15) is 5.60 Å². The van der Waals surface area contributed by atoms with Crippen molar-refractivity contribution in [1.82, 2.24) is 9.80 Å². The average Bonchev–Trinajstić information content (AvgIpc) is 2.61. The molecule has 0 N–H and O–H groups in total. The molecule has 26 heavy (non-hydrogen) atoms. The molecule has 2 atom stereocenters. The molecule has 2 aliphatic heterocycles. The van der Waals surface area contributed by atoms with E-state index in [1.54, 1.807) is 0 Å². The van der Waals surface area contributed by atoms with Gasteiger partial charge in [-0.25, -0.2) is 4.79 Å². The first kappa shape index (κ1) is 18.7. The van der Waals surface area contributed by atoms with Crippen LogP contribution < -0.4 is 0 Å². The number of carbonyl (C=O) groups is 1. The Morgan fingerprint density at radius 1 is 1.23 bits per heavy atom. The van der Waals surface area contributed by atoms with Crippen molar-refractivity contribution in [3.8, 4) is 6.07 Å². The van der Waals surface area contributed by atoms with Crippen molar-refractivity contribution in [2.45, 2.75) is 58.2 Å². The van der Waals surface area contributed by atoms with Crippen molar-refractivity contribution in [2.75, 3.05) is 19.6 Å². The van der Waals surface area contributed by atoms with Gasteiger partial charge < -0.3 is 9.64 Å². The number of benzene rings is 1. The second-order valence-corrected chi connectivity index (χ2v) is 8.46. The Morgan fingerprint density at radius 3 is 2.62 bits per heavy atom. The molecule has 140 valence electrons. The lowest BCUT2D eigenvalue weighted by molar-refractivity contribution is -0.0112. The number of hydrogen-bond donors (Lipinski definition) is 0. The van der Waals surface area contributed by atoms with Gasteiger partial charge in [0.25, 0.3) is 0 Å². The van der Waals surface area contributed by atoms with Crippen molar-refractivity contribution in [3.05, 3.63) is 35.4 Å². The number of likely N-dealkylation sites (tertiary alicyclic amines) is 2. The van der Waals surface area contributed by atoms with Gasteiger partial charge in [0.05, 0.1) is 11.6 Å². The Balaban J connectivity index is 1.61. The Labute approximate surface area is 156 Å². The predicted octanol–water partition coefficient (Wildman–Crippen LogP) is 3.78. The molecule has 1 aromatic carbocycles. The van der Waals surface area contributed by atoms with Crippen molar-refractivity contribution < 1.29 is 9.53 Å². The number of nitrogens with zero attached hydrogens (tertiary/aromatic N) is 3. The van der Waals surface area contributed by atoms with Crippen LogP contribution in [0.4, 0.5) is 4.79 Å². The summed E-state index contributed by atoms with van der Waals surface area (Å²) in [6.45, 7) is 9.32. The van der Waals surface area contributed by atoms with E-state index in [1.807, 2.05) is 37.8 Å². The maximum Gasteiger partial charge on any atom is 0.410 e. The van der Waals surface area contributed by atoms with Gasteiger partial charge in [-0.2, -0.15) is 5.26 Å². The molecule has 2 unspecified atom stereocenters. The Morgan fingerprint density at radius 2 is 1.96 bits per heavy atom. The molecule has 5 heteroatoms. The number of rotatable bonds is 2. The lowest BCUT2D eigenvalue weighted by Gasteiger charge is -2.47. The highest BCUT2D eigenvalue weighted by atomic mass is 16.6. The summed E-state index contributed by atoms with van der Waals surface area (Å²) in [4.78, 5) is 16.8. The first-order valence-corrected chi connectivity index (χ1v) is 9.57. The van der Waals surface area contributed by atoms with E-state index in [1.165, 1.54) is 18.4 Å². The Hall–Kier alpha value is -2.06. The minimum Gasteiger partial charge on any atom is -0.444 e. The second kappa shape index (κ2) is 7.67. The Bertz CT molecular complexity index is 672. The summed E-state index contributed by atoms with van der Waals surface area (Å²) < 4.78 is 5.55. The van der Waals surface area contributed by atoms with Crippen LogP contribution >= 0.6 is 0 Å². The van der Waals surface area contributed by atoms with Gasteiger partial charge >= 0.3 is 6.09 Å². The minimum absolute atomic E-state index is 0.180. The van der Waals surface area contributed by atoms with Crippen molar-refractivity contribution in [2.24, 2.45) is 5.92 Å². The molecule has 2 aliphatic rings. The van der Waals surface area contributed by atoms with Gasteiger partial charge in [0.15, 0.2) is 0 Å². The summed E-state index contributed by atoms with van der Waals surface area (Å²) >= 11 is 0. The van der Waals surface area contributed by atoms with Crippen LogP contribution in [0.15, 0.2) is 24.3 Å². The molecule has 1 aromatic rings. The van der Waals surface area contributed by atoms with Gasteiger partial charge in [-0.1, -0.05) is 12.1 Å². The second-order valence-electron chi connectivity index (χ2n) is 8.46. The molecule has 0 bridgehead atoms. The van der Waals surface area contributed by atoms with Gasteiger partial charge in [-0.3, -0.25) is 4.90 Å². The molecule has 2 saturated heterocycles. The van der Waals surface area contributed by atoms with Crippen LogP contribution in [-0.4, -0.2) is 47.2 Å². The molecule has 2 heterocycles. The van der Waals surface area contributed by atoms with Gasteiger partial charge in [0.2, 0.25) is 0 Å². The number of fused-ring (bicyclic) bond motifs is 1. The zero-order valence-corrected chi connectivity index (χ0v) is 16.1. The number of carbonyl (C=O) groups excluding carboxylic acids is 1. The standard InChI is InChI=1S/C21H29N3O2/c1-21(2,3)26-20(25)24-12-10-19-18(15-24)5-4-11-23(19)14-17-8-6-16(13-22)7-9-17/h6-9,18-19H,4-5,10-12,14-15H2,1-3H3. The van der Waals surface area contributed by atoms with E-state index in [0.717, 1.165) is 32.6 Å². The summed E-state index contributed by atoms with van der Waals surface area (Å²) in [7, 11) is 0. The molecular weight excluding hydrogens is 326 g/mol. The quantitative estimate of drug-likeness (QED) is 0.810. The van der Waals surface area contributed by atoms with E-state index in [0.29, 0.717) is 17.5 Å². The predicted molar refractivity (Wildman–Crippen MR) is 101 cm³/mol. The summed E-state index contributed by atoms with van der Waals surface area (Å²) in [6.07, 6.45) is 3.16. The minimum atomic E-state index is -0.442. The van der Waals surface area contributed by atoms with Crippen LogP contribution in [0, 0.1) is 17.2 Å². The van der Waals surface area contributed by atoms with E-state index >= 15 is 0 Å². The average molecular weight is 355 g/mol. The molecule has 0 aliphatic carbocycles. The van der Waals surface area contributed by atoms with Crippen LogP contribution in [-0.2, 0) is 11.3 Å². The first-order chi connectivity index (χ1) is 12.4. The maximum atomic E-state index is 12.4. The first-order valence-electron chi connectivity index (χ1n) is 9.57. The zero-order valence-electron chi connectivity index (χ0n) is 16.1. The van der Waals surface area contributed by atoms with Crippen LogP contribution in [0.5, 0.6) is 0 Å². The van der Waals surface area contributed by atoms with Crippen molar-refractivity contribution in [3.63, 3.8) is 0 Å². The van der Waals surface area contributed by atoms with E-state index in [9.17, 15) is 4.79 Å². The Kier molecular flexibility index (Phi) is 5.52. The van der Waals surface area contributed by atoms with Gasteiger partial charge in [0, 0.05) is 25.7 Å². The SMILES string of the molecule is CC(C)(C)OC(=O)N1CCC2C(CCCN2Cc2ccc(C#N)cc2)C1. The third-order valence-corrected chi connectivity index (χ3v) is 5.30. The molecule has 2 fully saturated rings. The van der Waals surface area contributed by atoms with Gasteiger partial charge in [-0.05, 0) is 70.2 Å². The van der Waals surface area contributed by atoms with Crippen LogP contribution in [0.2, 0.25) is 0 Å².